The maximum absolute atomic E-state index is 13.1. The van der Waals surface area contributed by atoms with Crippen molar-refractivity contribution in [3.05, 3.63) is 82.3 Å². The van der Waals surface area contributed by atoms with E-state index < -0.39 is 0 Å². The van der Waals surface area contributed by atoms with Crippen LogP contribution in [-0.2, 0) is 13.2 Å². The van der Waals surface area contributed by atoms with Crippen LogP contribution in [0.1, 0.15) is 46.6 Å². The van der Waals surface area contributed by atoms with Crippen LogP contribution in [-0.4, -0.2) is 40.9 Å². The molecule has 2 aromatic heterocycles. The lowest BCUT2D eigenvalue weighted by Crippen LogP contribution is -2.29. The highest BCUT2D eigenvalue weighted by Crippen LogP contribution is 2.22. The van der Waals surface area contributed by atoms with Crippen molar-refractivity contribution in [3.63, 3.8) is 0 Å². The molecule has 1 amide bonds. The van der Waals surface area contributed by atoms with Crippen LogP contribution >= 0.6 is 11.6 Å². The molecule has 3 aromatic rings. The number of piperidine rings is 1. The summed E-state index contributed by atoms with van der Waals surface area (Å²) < 4.78 is 5.77. The molecule has 7 heteroatoms. The molecular weight excluding hydrogens is 436 g/mol. The third-order valence-corrected chi connectivity index (χ3v) is 6.05. The van der Waals surface area contributed by atoms with E-state index in [1.54, 1.807) is 30.3 Å². The average Bonchev–Trinajstić information content (AvgIpc) is 2.83. The molecule has 33 heavy (non-hydrogen) atoms. The van der Waals surface area contributed by atoms with Crippen LogP contribution < -0.4 is 9.64 Å². The fraction of sp³-hybridized carbons (Fsp3) is 0.346. The maximum atomic E-state index is 13.1. The van der Waals surface area contributed by atoms with Crippen LogP contribution in [0.4, 0.5) is 5.69 Å². The topological polar surface area (TPSA) is 58.6 Å². The summed E-state index contributed by atoms with van der Waals surface area (Å²) in [6.07, 6.45) is 5.63. The van der Waals surface area contributed by atoms with E-state index in [1.165, 1.54) is 24.8 Å². The Bertz CT molecular complexity index is 1080. The second kappa shape index (κ2) is 10.8. The fourth-order valence-corrected chi connectivity index (χ4v) is 4.08. The van der Waals surface area contributed by atoms with E-state index in [2.05, 4.69) is 27.0 Å². The molecule has 0 saturated carbocycles. The van der Waals surface area contributed by atoms with Crippen molar-refractivity contribution in [1.82, 2.24) is 14.9 Å². The predicted octanol–water partition coefficient (Wildman–Crippen LogP) is 5.28. The molecule has 3 heterocycles. The quantitative estimate of drug-likeness (QED) is 0.476. The number of carbonyl (C=O) groups excluding carboxylic acids is 1. The SMILES string of the molecule is Cc1ccc(COc2cc(Cl)cc(C(=O)N(C)c3ccc(CN4CCCCC4)cc3)n2)cn1. The molecule has 1 saturated heterocycles. The van der Waals surface area contributed by atoms with Gasteiger partial charge in [0.05, 0.1) is 0 Å². The molecule has 0 atom stereocenters. The average molecular weight is 465 g/mol. The van der Waals surface area contributed by atoms with Gasteiger partial charge in [-0.2, -0.15) is 0 Å². The lowest BCUT2D eigenvalue weighted by molar-refractivity contribution is 0.0987. The molecule has 1 fully saturated rings. The van der Waals surface area contributed by atoms with Crippen molar-refractivity contribution >= 4 is 23.2 Å². The number of aromatic nitrogens is 2. The first-order valence-corrected chi connectivity index (χ1v) is 11.7. The molecule has 6 nitrogen and oxygen atoms in total. The highest BCUT2D eigenvalue weighted by Gasteiger charge is 2.18. The van der Waals surface area contributed by atoms with Gasteiger partial charge < -0.3 is 9.64 Å². The lowest BCUT2D eigenvalue weighted by Gasteiger charge is -2.26. The Morgan fingerprint density at radius 1 is 1.06 bits per heavy atom. The first-order chi connectivity index (χ1) is 16.0. The minimum Gasteiger partial charge on any atom is -0.473 e. The summed E-state index contributed by atoms with van der Waals surface area (Å²) in [5, 5.41) is 0.399. The molecule has 1 aliphatic rings. The normalized spacial score (nSPS) is 14.2. The summed E-state index contributed by atoms with van der Waals surface area (Å²) in [4.78, 5) is 25.8. The van der Waals surface area contributed by atoms with Crippen LogP contribution in [0.2, 0.25) is 5.02 Å². The Hall–Kier alpha value is -2.96. The Morgan fingerprint density at radius 3 is 2.48 bits per heavy atom. The molecule has 1 aliphatic heterocycles. The van der Waals surface area contributed by atoms with Crippen molar-refractivity contribution in [3.8, 4) is 5.88 Å². The standard InChI is InChI=1S/C26H29ClN4O2/c1-19-6-7-21(16-28-19)18-33-25-15-22(27)14-24(29-25)26(32)30(2)23-10-8-20(9-11-23)17-31-12-4-3-5-13-31/h6-11,14-16H,3-5,12-13,17-18H2,1-2H3. The largest absolute Gasteiger partial charge is 0.473 e. The van der Waals surface area contributed by atoms with Crippen molar-refractivity contribution in [2.75, 3.05) is 25.0 Å². The Kier molecular flexibility index (Phi) is 7.57. The van der Waals surface area contributed by atoms with E-state index >= 15 is 0 Å². The number of amides is 1. The summed E-state index contributed by atoms with van der Waals surface area (Å²) in [7, 11) is 1.74. The van der Waals surface area contributed by atoms with Gasteiger partial charge in [0, 0.05) is 47.8 Å². The fourth-order valence-electron chi connectivity index (χ4n) is 3.89. The Morgan fingerprint density at radius 2 is 1.79 bits per heavy atom. The van der Waals surface area contributed by atoms with Crippen LogP contribution in [0.15, 0.2) is 54.7 Å². The molecule has 0 bridgehead atoms. The first kappa shape index (κ1) is 23.2. The molecule has 0 radical (unpaired) electrons. The van der Waals surface area contributed by atoms with E-state index in [9.17, 15) is 4.79 Å². The number of hydrogen-bond acceptors (Lipinski definition) is 5. The molecule has 4 rings (SSSR count). The minimum atomic E-state index is -0.247. The number of hydrogen-bond donors (Lipinski definition) is 0. The molecule has 0 aliphatic carbocycles. The van der Waals surface area contributed by atoms with Crippen molar-refractivity contribution in [1.29, 1.82) is 0 Å². The van der Waals surface area contributed by atoms with Gasteiger partial charge in [-0.1, -0.05) is 36.2 Å². The molecular formula is C26H29ClN4O2. The summed E-state index contributed by atoms with van der Waals surface area (Å²) in [6, 6.07) is 15.2. The summed E-state index contributed by atoms with van der Waals surface area (Å²) in [5.41, 5.74) is 4.15. The van der Waals surface area contributed by atoms with E-state index in [4.69, 9.17) is 16.3 Å². The monoisotopic (exact) mass is 464 g/mol. The van der Waals surface area contributed by atoms with Crippen LogP contribution in [0.5, 0.6) is 5.88 Å². The van der Waals surface area contributed by atoms with Gasteiger partial charge in [-0.05, 0) is 62.7 Å². The number of nitrogens with zero attached hydrogens (tertiary/aromatic N) is 4. The second-order valence-electron chi connectivity index (χ2n) is 8.47. The minimum absolute atomic E-state index is 0.236. The molecule has 0 N–H and O–H groups in total. The van der Waals surface area contributed by atoms with Gasteiger partial charge in [0.2, 0.25) is 5.88 Å². The Balaban J connectivity index is 1.41. The molecule has 172 valence electrons. The van der Waals surface area contributed by atoms with Gasteiger partial charge in [-0.3, -0.25) is 14.7 Å². The molecule has 0 spiro atoms. The van der Waals surface area contributed by atoms with Crippen molar-refractivity contribution in [2.24, 2.45) is 0 Å². The predicted molar refractivity (Wildman–Crippen MR) is 131 cm³/mol. The number of ether oxygens (including phenoxy) is 1. The number of rotatable bonds is 7. The maximum Gasteiger partial charge on any atom is 0.276 e. The molecule has 1 aromatic carbocycles. The lowest BCUT2D eigenvalue weighted by atomic mass is 10.1. The third kappa shape index (κ3) is 6.30. The number of benzene rings is 1. The number of carbonyl (C=O) groups is 1. The van der Waals surface area contributed by atoms with Crippen molar-refractivity contribution < 1.29 is 9.53 Å². The van der Waals surface area contributed by atoms with E-state index in [0.29, 0.717) is 17.5 Å². The summed E-state index contributed by atoms with van der Waals surface area (Å²) in [5.74, 6) is 0.0554. The number of anilines is 1. The van der Waals surface area contributed by atoms with Gasteiger partial charge in [0.15, 0.2) is 0 Å². The molecule has 0 unspecified atom stereocenters. The van der Waals surface area contributed by atoms with Gasteiger partial charge in [0.1, 0.15) is 12.3 Å². The van der Waals surface area contributed by atoms with Crippen LogP contribution in [0.3, 0.4) is 0 Å². The summed E-state index contributed by atoms with van der Waals surface area (Å²) in [6.45, 7) is 5.49. The summed E-state index contributed by atoms with van der Waals surface area (Å²) >= 11 is 6.25. The van der Waals surface area contributed by atoms with E-state index in [1.807, 2.05) is 31.2 Å². The van der Waals surface area contributed by atoms with Gasteiger partial charge >= 0.3 is 0 Å². The first-order valence-electron chi connectivity index (χ1n) is 11.3. The van der Waals surface area contributed by atoms with Crippen LogP contribution in [0, 0.1) is 6.92 Å². The zero-order valence-corrected chi connectivity index (χ0v) is 19.9. The number of aryl methyl sites for hydroxylation is 1. The number of halogens is 1. The highest BCUT2D eigenvalue weighted by molar-refractivity contribution is 6.31. The van der Waals surface area contributed by atoms with E-state index in [-0.39, 0.29) is 11.6 Å². The number of likely N-dealkylation sites (tertiary alicyclic amines) is 1. The van der Waals surface area contributed by atoms with Gasteiger partial charge in [-0.15, -0.1) is 0 Å². The third-order valence-electron chi connectivity index (χ3n) is 5.83. The smallest absolute Gasteiger partial charge is 0.276 e. The van der Waals surface area contributed by atoms with Crippen LogP contribution in [0.25, 0.3) is 0 Å². The second-order valence-corrected chi connectivity index (χ2v) is 8.91. The van der Waals surface area contributed by atoms with Gasteiger partial charge in [0.25, 0.3) is 5.91 Å². The highest BCUT2D eigenvalue weighted by atomic mass is 35.5. The van der Waals surface area contributed by atoms with E-state index in [0.717, 1.165) is 36.6 Å². The van der Waals surface area contributed by atoms with Crippen molar-refractivity contribution in [2.45, 2.75) is 39.3 Å². The Labute approximate surface area is 200 Å². The zero-order valence-electron chi connectivity index (χ0n) is 19.1. The number of pyridine rings is 2. The zero-order chi connectivity index (χ0) is 23.2. The van der Waals surface area contributed by atoms with Gasteiger partial charge in [-0.25, -0.2) is 4.98 Å².